The number of rotatable bonds is 4. The molecule has 0 atom stereocenters. The third-order valence-corrected chi connectivity index (χ3v) is 3.51. The number of hydrogen-bond donors (Lipinski definition) is 3. The molecule has 0 heterocycles. The molecule has 2 rings (SSSR count). The van der Waals surface area contributed by atoms with Gasteiger partial charge >= 0.3 is 0 Å². The molecular formula is C16H11Cl2N3O2. The van der Waals surface area contributed by atoms with E-state index in [0.29, 0.717) is 21.4 Å². The van der Waals surface area contributed by atoms with Crippen molar-refractivity contribution in [1.29, 1.82) is 5.26 Å². The molecule has 0 unspecified atom stereocenters. The van der Waals surface area contributed by atoms with Crippen molar-refractivity contribution < 1.29 is 9.90 Å². The van der Waals surface area contributed by atoms with Gasteiger partial charge in [0, 0.05) is 23.6 Å². The largest absolute Gasteiger partial charge is 0.508 e. The second-order valence-corrected chi connectivity index (χ2v) is 5.26. The molecule has 0 radical (unpaired) electrons. The van der Waals surface area contributed by atoms with Crippen LogP contribution in [0.25, 0.3) is 0 Å². The lowest BCUT2D eigenvalue weighted by atomic mass is 10.2. The summed E-state index contributed by atoms with van der Waals surface area (Å²) in [7, 11) is 0. The zero-order valence-electron chi connectivity index (χ0n) is 11.7. The van der Waals surface area contributed by atoms with Crippen LogP contribution in [0.3, 0.4) is 0 Å². The molecule has 3 N–H and O–H groups in total. The summed E-state index contributed by atoms with van der Waals surface area (Å²) in [5, 5.41) is 24.4. The molecule has 0 aliphatic heterocycles. The van der Waals surface area contributed by atoms with E-state index in [1.807, 2.05) is 0 Å². The van der Waals surface area contributed by atoms with Crippen LogP contribution >= 0.6 is 23.2 Å². The van der Waals surface area contributed by atoms with E-state index in [9.17, 15) is 9.90 Å². The summed E-state index contributed by atoms with van der Waals surface area (Å²) >= 11 is 11.7. The summed E-state index contributed by atoms with van der Waals surface area (Å²) in [6.07, 6.45) is 1.25. The Kier molecular flexibility index (Phi) is 5.47. The molecule has 116 valence electrons. The summed E-state index contributed by atoms with van der Waals surface area (Å²) in [5.74, 6) is -0.527. The smallest absolute Gasteiger partial charge is 0.267 e. The number of phenolic OH excluding ortho intramolecular Hbond substituents is 1. The second kappa shape index (κ2) is 7.54. The molecule has 0 bridgehead atoms. The highest BCUT2D eigenvalue weighted by atomic mass is 35.5. The topological polar surface area (TPSA) is 85.2 Å². The number of aromatic hydroxyl groups is 1. The maximum absolute atomic E-state index is 12.1. The van der Waals surface area contributed by atoms with Gasteiger partial charge in [-0.15, -0.1) is 0 Å². The second-order valence-electron chi connectivity index (χ2n) is 4.45. The molecule has 0 saturated heterocycles. The number of anilines is 2. The Labute approximate surface area is 142 Å². The van der Waals surface area contributed by atoms with Gasteiger partial charge in [-0.3, -0.25) is 4.79 Å². The number of benzene rings is 2. The highest BCUT2D eigenvalue weighted by molar-refractivity contribution is 6.42. The summed E-state index contributed by atoms with van der Waals surface area (Å²) < 4.78 is 0. The molecule has 0 saturated carbocycles. The standard InChI is InChI=1S/C16H11Cl2N3O2/c17-14-5-4-12(7-15(14)18)21-16(23)10(8-19)9-20-11-2-1-3-13(22)6-11/h1-7,9,20,22H,(H,21,23)/b10-9-. The molecule has 7 heteroatoms. The Morgan fingerprint density at radius 1 is 1.13 bits per heavy atom. The number of hydrogen-bond acceptors (Lipinski definition) is 4. The minimum absolute atomic E-state index is 0.0714. The van der Waals surface area contributed by atoms with E-state index in [1.165, 1.54) is 24.4 Å². The zero-order valence-corrected chi connectivity index (χ0v) is 13.2. The third kappa shape index (κ3) is 4.65. The van der Waals surface area contributed by atoms with Crippen LogP contribution < -0.4 is 10.6 Å². The van der Waals surface area contributed by atoms with E-state index in [2.05, 4.69) is 10.6 Å². The van der Waals surface area contributed by atoms with Crippen molar-refractivity contribution in [3.05, 3.63) is 64.3 Å². The number of nitriles is 1. The fraction of sp³-hybridized carbons (Fsp3) is 0. The molecule has 0 spiro atoms. The fourth-order valence-electron chi connectivity index (χ4n) is 1.67. The molecule has 2 aromatic carbocycles. The van der Waals surface area contributed by atoms with Crippen LogP contribution in [0.4, 0.5) is 11.4 Å². The number of halogens is 2. The molecular weight excluding hydrogens is 337 g/mol. The van der Waals surface area contributed by atoms with Crippen molar-refractivity contribution >= 4 is 40.5 Å². The SMILES string of the molecule is N#C/C(=C/Nc1cccc(O)c1)C(=O)Nc1ccc(Cl)c(Cl)c1. The molecule has 0 aliphatic carbocycles. The van der Waals surface area contributed by atoms with Crippen molar-refractivity contribution in [2.45, 2.75) is 0 Å². The third-order valence-electron chi connectivity index (χ3n) is 2.77. The lowest BCUT2D eigenvalue weighted by Crippen LogP contribution is -2.14. The van der Waals surface area contributed by atoms with Gasteiger partial charge in [-0.1, -0.05) is 29.3 Å². The lowest BCUT2D eigenvalue weighted by Gasteiger charge is -2.06. The van der Waals surface area contributed by atoms with Gasteiger partial charge in [-0.05, 0) is 30.3 Å². The quantitative estimate of drug-likeness (QED) is 0.572. The number of nitrogens with one attached hydrogen (secondary N) is 2. The van der Waals surface area contributed by atoms with Crippen LogP contribution in [-0.2, 0) is 4.79 Å². The van der Waals surface area contributed by atoms with Gasteiger partial charge in [-0.2, -0.15) is 5.26 Å². The number of amides is 1. The zero-order chi connectivity index (χ0) is 16.8. The molecule has 0 fully saturated rings. The average Bonchev–Trinajstić information content (AvgIpc) is 2.51. The fourth-order valence-corrected chi connectivity index (χ4v) is 1.97. The van der Waals surface area contributed by atoms with Crippen LogP contribution in [-0.4, -0.2) is 11.0 Å². The number of carbonyl (C=O) groups excluding carboxylic acids is 1. The van der Waals surface area contributed by atoms with Crippen molar-refractivity contribution in [3.8, 4) is 11.8 Å². The highest BCUT2D eigenvalue weighted by Crippen LogP contribution is 2.25. The summed E-state index contributed by atoms with van der Waals surface area (Å²) in [6.45, 7) is 0. The maximum atomic E-state index is 12.1. The Morgan fingerprint density at radius 3 is 2.57 bits per heavy atom. The molecule has 2 aromatic rings. The summed E-state index contributed by atoms with van der Waals surface area (Å²) in [6, 6.07) is 12.7. The molecule has 1 amide bonds. The first-order valence-electron chi connectivity index (χ1n) is 6.42. The number of phenols is 1. The lowest BCUT2D eigenvalue weighted by molar-refractivity contribution is -0.112. The molecule has 5 nitrogen and oxygen atoms in total. The Morgan fingerprint density at radius 2 is 1.91 bits per heavy atom. The highest BCUT2D eigenvalue weighted by Gasteiger charge is 2.10. The van der Waals surface area contributed by atoms with Crippen molar-refractivity contribution in [2.75, 3.05) is 10.6 Å². The van der Waals surface area contributed by atoms with E-state index in [4.69, 9.17) is 28.5 Å². The van der Waals surface area contributed by atoms with Crippen LogP contribution in [0, 0.1) is 11.3 Å². The van der Waals surface area contributed by atoms with Gasteiger partial charge < -0.3 is 15.7 Å². The normalized spacial score (nSPS) is 10.7. The summed E-state index contributed by atoms with van der Waals surface area (Å²) in [4.78, 5) is 12.1. The molecule has 0 aromatic heterocycles. The van der Waals surface area contributed by atoms with Crippen LogP contribution in [0.1, 0.15) is 0 Å². The predicted molar refractivity (Wildman–Crippen MR) is 90.5 cm³/mol. The van der Waals surface area contributed by atoms with E-state index < -0.39 is 5.91 Å². The monoisotopic (exact) mass is 347 g/mol. The molecule has 0 aliphatic rings. The predicted octanol–water partition coefficient (Wildman–Crippen LogP) is 4.16. The number of nitrogens with zero attached hydrogens (tertiary/aromatic N) is 1. The Bertz CT molecular complexity index is 813. The molecule has 23 heavy (non-hydrogen) atoms. The Hall–Kier alpha value is -2.68. The van der Waals surface area contributed by atoms with Gasteiger partial charge in [0.05, 0.1) is 10.0 Å². The van der Waals surface area contributed by atoms with Gasteiger partial charge in [0.25, 0.3) is 5.91 Å². The minimum Gasteiger partial charge on any atom is -0.508 e. The first kappa shape index (κ1) is 16.7. The number of carbonyl (C=O) groups is 1. The van der Waals surface area contributed by atoms with E-state index in [-0.39, 0.29) is 11.3 Å². The van der Waals surface area contributed by atoms with Crippen molar-refractivity contribution in [1.82, 2.24) is 0 Å². The van der Waals surface area contributed by atoms with Crippen LogP contribution in [0.5, 0.6) is 5.75 Å². The first-order valence-corrected chi connectivity index (χ1v) is 7.17. The van der Waals surface area contributed by atoms with Crippen LogP contribution in [0.2, 0.25) is 10.0 Å². The van der Waals surface area contributed by atoms with Crippen molar-refractivity contribution in [2.24, 2.45) is 0 Å². The van der Waals surface area contributed by atoms with E-state index in [1.54, 1.807) is 30.3 Å². The first-order chi connectivity index (χ1) is 11.0. The van der Waals surface area contributed by atoms with Crippen LogP contribution in [0.15, 0.2) is 54.2 Å². The van der Waals surface area contributed by atoms with Crippen molar-refractivity contribution in [3.63, 3.8) is 0 Å². The average molecular weight is 348 g/mol. The van der Waals surface area contributed by atoms with Gasteiger partial charge in [-0.25, -0.2) is 0 Å². The minimum atomic E-state index is -0.599. The maximum Gasteiger partial charge on any atom is 0.267 e. The van der Waals surface area contributed by atoms with Gasteiger partial charge in [0.15, 0.2) is 0 Å². The van der Waals surface area contributed by atoms with Gasteiger partial charge in [0.2, 0.25) is 0 Å². The van der Waals surface area contributed by atoms with Gasteiger partial charge in [0.1, 0.15) is 17.4 Å². The summed E-state index contributed by atoms with van der Waals surface area (Å²) in [5.41, 5.74) is 0.822. The van der Waals surface area contributed by atoms with E-state index >= 15 is 0 Å². The van der Waals surface area contributed by atoms with E-state index in [0.717, 1.165) is 0 Å². The Balaban J connectivity index is 2.10.